The molecule has 0 amide bonds. The first kappa shape index (κ1) is 12.4. The fourth-order valence-corrected chi connectivity index (χ4v) is 2.77. The molecule has 1 saturated carbocycles. The maximum atomic E-state index is 11.1. The SMILES string of the molecule is CC(C)(O)OCCCC1(S(=O)Cl)CC1. The van der Waals surface area contributed by atoms with Crippen molar-refractivity contribution in [1.82, 2.24) is 0 Å². The highest BCUT2D eigenvalue weighted by molar-refractivity contribution is 8.09. The van der Waals surface area contributed by atoms with E-state index in [0.717, 1.165) is 25.7 Å². The number of hydrogen-bond donors (Lipinski definition) is 1. The van der Waals surface area contributed by atoms with Gasteiger partial charge in [-0.1, -0.05) is 0 Å². The number of ether oxygens (including phenoxy) is 1. The van der Waals surface area contributed by atoms with E-state index in [9.17, 15) is 9.32 Å². The zero-order valence-corrected chi connectivity index (χ0v) is 10.2. The Morgan fingerprint density at radius 2 is 2.14 bits per heavy atom. The van der Waals surface area contributed by atoms with E-state index in [1.165, 1.54) is 0 Å². The molecule has 84 valence electrons. The summed E-state index contributed by atoms with van der Waals surface area (Å²) in [5.41, 5.74) is 0. The fourth-order valence-electron chi connectivity index (χ4n) is 1.35. The Kier molecular flexibility index (Phi) is 3.97. The highest BCUT2D eigenvalue weighted by atomic mass is 35.7. The zero-order chi connectivity index (χ0) is 10.8. The summed E-state index contributed by atoms with van der Waals surface area (Å²) in [4.78, 5) is 0. The molecule has 0 aromatic rings. The lowest BCUT2D eigenvalue weighted by Crippen LogP contribution is -2.24. The van der Waals surface area contributed by atoms with Crippen molar-refractivity contribution in [1.29, 1.82) is 0 Å². The van der Waals surface area contributed by atoms with Crippen LogP contribution in [-0.2, 0) is 14.7 Å². The number of aliphatic hydroxyl groups is 1. The second-order valence-corrected chi connectivity index (χ2v) is 6.46. The van der Waals surface area contributed by atoms with Gasteiger partial charge in [-0.25, -0.2) is 4.21 Å². The van der Waals surface area contributed by atoms with Crippen LogP contribution >= 0.6 is 10.7 Å². The van der Waals surface area contributed by atoms with E-state index in [2.05, 4.69) is 0 Å². The molecule has 0 radical (unpaired) electrons. The Bertz CT molecular complexity index is 221. The van der Waals surface area contributed by atoms with Crippen molar-refractivity contribution in [3.63, 3.8) is 0 Å². The van der Waals surface area contributed by atoms with Gasteiger partial charge in [-0.15, -0.1) is 0 Å². The highest BCUT2D eigenvalue weighted by Crippen LogP contribution is 2.46. The predicted octanol–water partition coefficient (Wildman–Crippen LogP) is 1.95. The molecule has 0 aromatic heterocycles. The highest BCUT2D eigenvalue weighted by Gasteiger charge is 2.47. The third-order valence-electron chi connectivity index (χ3n) is 2.38. The van der Waals surface area contributed by atoms with Gasteiger partial charge < -0.3 is 9.84 Å². The average Bonchev–Trinajstić information content (AvgIpc) is 2.77. The van der Waals surface area contributed by atoms with Gasteiger partial charge in [0.05, 0.1) is 11.4 Å². The standard InChI is InChI=1S/C9H17ClO3S/c1-8(2,11)13-7-3-4-9(5-6-9)14(10)12/h11H,3-7H2,1-2H3. The molecule has 3 nitrogen and oxygen atoms in total. The molecule has 1 fully saturated rings. The molecule has 0 aromatic carbocycles. The third-order valence-corrected chi connectivity index (χ3v) is 4.66. The zero-order valence-electron chi connectivity index (χ0n) is 8.59. The molecule has 0 saturated heterocycles. The van der Waals surface area contributed by atoms with Crippen molar-refractivity contribution in [3.05, 3.63) is 0 Å². The van der Waals surface area contributed by atoms with Gasteiger partial charge in [0.15, 0.2) is 5.79 Å². The van der Waals surface area contributed by atoms with Gasteiger partial charge in [0.1, 0.15) is 10.0 Å². The number of hydrogen-bond acceptors (Lipinski definition) is 3. The van der Waals surface area contributed by atoms with Crippen LogP contribution in [0.3, 0.4) is 0 Å². The first-order chi connectivity index (χ1) is 6.36. The van der Waals surface area contributed by atoms with E-state index < -0.39 is 15.8 Å². The first-order valence-electron chi connectivity index (χ1n) is 4.80. The molecule has 1 unspecified atom stereocenters. The molecular weight excluding hydrogens is 224 g/mol. The summed E-state index contributed by atoms with van der Waals surface area (Å²) in [6.45, 7) is 3.68. The number of halogens is 1. The second-order valence-electron chi connectivity index (χ2n) is 4.31. The monoisotopic (exact) mass is 240 g/mol. The van der Waals surface area contributed by atoms with Gasteiger partial charge in [0.25, 0.3) is 0 Å². The molecule has 1 rings (SSSR count). The topological polar surface area (TPSA) is 46.5 Å². The van der Waals surface area contributed by atoms with Crippen LogP contribution in [0, 0.1) is 0 Å². The summed E-state index contributed by atoms with van der Waals surface area (Å²) in [6, 6.07) is 0. The van der Waals surface area contributed by atoms with Crippen molar-refractivity contribution >= 4 is 20.7 Å². The van der Waals surface area contributed by atoms with Crippen molar-refractivity contribution in [2.45, 2.75) is 50.1 Å². The molecule has 1 N–H and O–H groups in total. The van der Waals surface area contributed by atoms with E-state index in [0.29, 0.717) is 6.61 Å². The second kappa shape index (κ2) is 4.47. The molecule has 5 heteroatoms. The predicted molar refractivity (Wildman–Crippen MR) is 57.4 cm³/mol. The Balaban J connectivity index is 2.13. The summed E-state index contributed by atoms with van der Waals surface area (Å²) in [5, 5.41) is 9.26. The summed E-state index contributed by atoms with van der Waals surface area (Å²) >= 11 is 0. The van der Waals surface area contributed by atoms with E-state index in [1.54, 1.807) is 13.8 Å². The molecule has 0 aliphatic heterocycles. The van der Waals surface area contributed by atoms with Gasteiger partial charge in [-0.2, -0.15) is 0 Å². The Labute approximate surface area is 91.7 Å². The van der Waals surface area contributed by atoms with Crippen LogP contribution < -0.4 is 0 Å². The summed E-state index contributed by atoms with van der Waals surface area (Å²) in [5.74, 6) is -1.07. The molecule has 1 aliphatic carbocycles. The lowest BCUT2D eigenvalue weighted by Gasteiger charge is -2.18. The van der Waals surface area contributed by atoms with Crippen LogP contribution in [-0.4, -0.2) is 26.5 Å². The third kappa shape index (κ3) is 3.85. The van der Waals surface area contributed by atoms with E-state index in [1.807, 2.05) is 0 Å². The van der Waals surface area contributed by atoms with Crippen LogP contribution in [0.5, 0.6) is 0 Å². The van der Waals surface area contributed by atoms with E-state index in [4.69, 9.17) is 15.4 Å². The molecular formula is C9H17ClO3S. The van der Waals surface area contributed by atoms with Crippen LogP contribution in [0.25, 0.3) is 0 Å². The smallest absolute Gasteiger partial charge is 0.159 e. The quantitative estimate of drug-likeness (QED) is 0.439. The van der Waals surface area contributed by atoms with E-state index in [-0.39, 0.29) is 4.75 Å². The normalized spacial score (nSPS) is 22.0. The van der Waals surface area contributed by atoms with Gasteiger partial charge in [-0.05, 0) is 50.2 Å². The maximum absolute atomic E-state index is 11.1. The maximum Gasteiger partial charge on any atom is 0.159 e. The minimum atomic E-state index is -1.24. The van der Waals surface area contributed by atoms with Crippen LogP contribution in [0.2, 0.25) is 0 Å². The molecule has 0 bridgehead atoms. The Hall–Kier alpha value is 0.360. The van der Waals surface area contributed by atoms with Crippen molar-refractivity contribution in [2.75, 3.05) is 6.61 Å². The first-order valence-corrected chi connectivity index (χ1v) is 6.78. The van der Waals surface area contributed by atoms with E-state index >= 15 is 0 Å². The minimum Gasteiger partial charge on any atom is -0.366 e. The summed E-state index contributed by atoms with van der Waals surface area (Å²) in [6.07, 6.45) is 3.51. The van der Waals surface area contributed by atoms with Crippen LogP contribution in [0.1, 0.15) is 39.5 Å². The number of rotatable bonds is 6. The van der Waals surface area contributed by atoms with Gasteiger partial charge in [-0.3, -0.25) is 0 Å². The lowest BCUT2D eigenvalue weighted by atomic mass is 10.2. The van der Waals surface area contributed by atoms with Crippen molar-refractivity contribution in [3.8, 4) is 0 Å². The Morgan fingerprint density at radius 1 is 1.57 bits per heavy atom. The fraction of sp³-hybridized carbons (Fsp3) is 1.00. The minimum absolute atomic E-state index is 0.148. The average molecular weight is 241 g/mol. The molecule has 1 atom stereocenters. The molecule has 14 heavy (non-hydrogen) atoms. The summed E-state index contributed by atoms with van der Waals surface area (Å²) in [7, 11) is 4.35. The van der Waals surface area contributed by atoms with Crippen molar-refractivity contribution in [2.24, 2.45) is 0 Å². The summed E-state index contributed by atoms with van der Waals surface area (Å²) < 4.78 is 16.1. The Morgan fingerprint density at radius 3 is 2.50 bits per heavy atom. The van der Waals surface area contributed by atoms with Crippen molar-refractivity contribution < 1.29 is 14.1 Å². The molecule has 0 spiro atoms. The lowest BCUT2D eigenvalue weighted by molar-refractivity contribution is -0.176. The van der Waals surface area contributed by atoms with Gasteiger partial charge in [0, 0.05) is 0 Å². The van der Waals surface area contributed by atoms with Crippen LogP contribution in [0.15, 0.2) is 0 Å². The molecule has 0 heterocycles. The van der Waals surface area contributed by atoms with Crippen LogP contribution in [0.4, 0.5) is 0 Å². The largest absolute Gasteiger partial charge is 0.366 e. The van der Waals surface area contributed by atoms with Gasteiger partial charge in [0.2, 0.25) is 0 Å². The van der Waals surface area contributed by atoms with Gasteiger partial charge >= 0.3 is 0 Å². The molecule has 1 aliphatic rings.